The number of hydrogen-bond acceptors (Lipinski definition) is 2. The Morgan fingerprint density at radius 2 is 1.89 bits per heavy atom. The van der Waals surface area contributed by atoms with Crippen molar-refractivity contribution in [2.24, 2.45) is 5.92 Å². The van der Waals surface area contributed by atoms with Crippen LogP contribution in [0.1, 0.15) is 37.0 Å². The summed E-state index contributed by atoms with van der Waals surface area (Å²) in [5.74, 6) is 0.796. The van der Waals surface area contributed by atoms with Crippen molar-refractivity contribution in [3.05, 3.63) is 29.8 Å². The van der Waals surface area contributed by atoms with Crippen LogP contribution in [0.5, 0.6) is 0 Å². The molecule has 1 rings (SSSR count). The zero-order valence-corrected chi connectivity index (χ0v) is 11.9. The van der Waals surface area contributed by atoms with Gasteiger partial charge in [0.15, 0.2) is 0 Å². The predicted octanol–water partition coefficient (Wildman–Crippen LogP) is 3.24. The Kier molecular flexibility index (Phi) is 5.69. The maximum atomic E-state index is 12.1. The van der Waals surface area contributed by atoms with Crippen LogP contribution in [0.25, 0.3) is 0 Å². The molecule has 1 aromatic carbocycles. The van der Waals surface area contributed by atoms with Gasteiger partial charge in [0.05, 0.1) is 0 Å². The van der Waals surface area contributed by atoms with Gasteiger partial charge in [-0.1, -0.05) is 13.8 Å². The van der Waals surface area contributed by atoms with Crippen molar-refractivity contribution in [3.63, 3.8) is 0 Å². The molecule has 0 unspecified atom stereocenters. The average Bonchev–Trinajstić information content (AvgIpc) is 2.37. The Morgan fingerprint density at radius 3 is 2.39 bits per heavy atom. The summed E-state index contributed by atoms with van der Waals surface area (Å²) >= 11 is 0. The molecule has 1 aromatic rings. The van der Waals surface area contributed by atoms with E-state index in [1.165, 1.54) is 0 Å². The van der Waals surface area contributed by atoms with E-state index in [-0.39, 0.29) is 5.91 Å². The van der Waals surface area contributed by atoms with Crippen LogP contribution in [-0.2, 0) is 0 Å². The standard InChI is InChI=1S/C15H24N2O/c1-12(2)6-5-11-17(4)15(18)13-7-9-14(16-3)10-8-13/h7-10,12,16H,5-6,11H2,1-4H3. The molecule has 3 heteroatoms. The van der Waals surface area contributed by atoms with E-state index in [2.05, 4.69) is 19.2 Å². The van der Waals surface area contributed by atoms with E-state index in [4.69, 9.17) is 0 Å². The summed E-state index contributed by atoms with van der Waals surface area (Å²) in [5.41, 5.74) is 1.77. The first-order valence-corrected chi connectivity index (χ1v) is 6.58. The third-order valence-corrected chi connectivity index (χ3v) is 3.04. The maximum absolute atomic E-state index is 12.1. The first-order valence-electron chi connectivity index (χ1n) is 6.58. The summed E-state index contributed by atoms with van der Waals surface area (Å²) in [6, 6.07) is 7.59. The topological polar surface area (TPSA) is 32.3 Å². The van der Waals surface area contributed by atoms with Gasteiger partial charge in [-0.15, -0.1) is 0 Å². The largest absolute Gasteiger partial charge is 0.388 e. The van der Waals surface area contributed by atoms with E-state index in [0.29, 0.717) is 5.92 Å². The molecule has 0 bridgehead atoms. The number of hydrogen-bond donors (Lipinski definition) is 1. The van der Waals surface area contributed by atoms with Crippen molar-refractivity contribution < 1.29 is 4.79 Å². The zero-order chi connectivity index (χ0) is 13.5. The lowest BCUT2D eigenvalue weighted by Gasteiger charge is -2.18. The molecule has 0 radical (unpaired) electrons. The summed E-state index contributed by atoms with van der Waals surface area (Å²) in [7, 11) is 3.74. The van der Waals surface area contributed by atoms with Crippen molar-refractivity contribution in [2.75, 3.05) is 26.0 Å². The number of benzene rings is 1. The Balaban J connectivity index is 2.51. The highest BCUT2D eigenvalue weighted by molar-refractivity contribution is 5.94. The molecule has 0 fully saturated rings. The molecular weight excluding hydrogens is 224 g/mol. The van der Waals surface area contributed by atoms with Crippen LogP contribution in [-0.4, -0.2) is 31.4 Å². The second kappa shape index (κ2) is 7.04. The van der Waals surface area contributed by atoms with Gasteiger partial charge in [0.1, 0.15) is 0 Å². The molecule has 0 spiro atoms. The van der Waals surface area contributed by atoms with Gasteiger partial charge in [-0.25, -0.2) is 0 Å². The van der Waals surface area contributed by atoms with Crippen LogP contribution < -0.4 is 5.32 Å². The third kappa shape index (κ3) is 4.40. The van der Waals surface area contributed by atoms with Gasteiger partial charge in [-0.2, -0.15) is 0 Å². The Bertz CT molecular complexity index is 371. The van der Waals surface area contributed by atoms with Gasteiger partial charge < -0.3 is 10.2 Å². The molecule has 0 aliphatic carbocycles. The second-order valence-corrected chi connectivity index (χ2v) is 5.09. The fourth-order valence-corrected chi connectivity index (χ4v) is 1.84. The van der Waals surface area contributed by atoms with Gasteiger partial charge in [0.25, 0.3) is 5.91 Å². The maximum Gasteiger partial charge on any atom is 0.253 e. The van der Waals surface area contributed by atoms with E-state index in [0.717, 1.165) is 30.6 Å². The molecule has 1 N–H and O–H groups in total. The lowest BCUT2D eigenvalue weighted by atomic mass is 10.1. The van der Waals surface area contributed by atoms with Crippen molar-refractivity contribution in [2.45, 2.75) is 26.7 Å². The lowest BCUT2D eigenvalue weighted by Crippen LogP contribution is -2.27. The fraction of sp³-hybridized carbons (Fsp3) is 0.533. The second-order valence-electron chi connectivity index (χ2n) is 5.09. The summed E-state index contributed by atoms with van der Waals surface area (Å²) in [6.45, 7) is 5.24. The van der Waals surface area contributed by atoms with E-state index >= 15 is 0 Å². The summed E-state index contributed by atoms with van der Waals surface area (Å²) in [6.07, 6.45) is 2.23. The fourth-order valence-electron chi connectivity index (χ4n) is 1.84. The zero-order valence-electron chi connectivity index (χ0n) is 11.9. The lowest BCUT2D eigenvalue weighted by molar-refractivity contribution is 0.0791. The summed E-state index contributed by atoms with van der Waals surface area (Å²) in [4.78, 5) is 13.9. The third-order valence-electron chi connectivity index (χ3n) is 3.04. The molecule has 0 atom stereocenters. The molecule has 1 amide bonds. The van der Waals surface area contributed by atoms with Crippen LogP contribution in [0, 0.1) is 5.92 Å². The minimum atomic E-state index is 0.0985. The number of rotatable bonds is 6. The SMILES string of the molecule is CNc1ccc(C(=O)N(C)CCCC(C)C)cc1. The Labute approximate surface area is 110 Å². The minimum absolute atomic E-state index is 0.0985. The van der Waals surface area contributed by atoms with Crippen molar-refractivity contribution in [1.29, 1.82) is 0 Å². The van der Waals surface area contributed by atoms with Crippen LogP contribution >= 0.6 is 0 Å². The van der Waals surface area contributed by atoms with E-state index in [1.54, 1.807) is 4.90 Å². The molecular formula is C15H24N2O. The number of nitrogens with zero attached hydrogens (tertiary/aromatic N) is 1. The number of nitrogens with one attached hydrogen (secondary N) is 1. The van der Waals surface area contributed by atoms with Crippen molar-refractivity contribution >= 4 is 11.6 Å². The number of anilines is 1. The van der Waals surface area contributed by atoms with Gasteiger partial charge in [0, 0.05) is 31.9 Å². The van der Waals surface area contributed by atoms with Gasteiger partial charge >= 0.3 is 0 Å². The smallest absolute Gasteiger partial charge is 0.253 e. The predicted molar refractivity (Wildman–Crippen MR) is 77.0 cm³/mol. The Morgan fingerprint density at radius 1 is 1.28 bits per heavy atom. The summed E-state index contributed by atoms with van der Waals surface area (Å²) in [5, 5.41) is 3.04. The molecule has 0 saturated carbocycles. The molecule has 100 valence electrons. The van der Waals surface area contributed by atoms with E-state index in [9.17, 15) is 4.79 Å². The number of amides is 1. The molecule has 0 saturated heterocycles. The van der Waals surface area contributed by atoms with E-state index < -0.39 is 0 Å². The average molecular weight is 248 g/mol. The van der Waals surface area contributed by atoms with Gasteiger partial charge in [-0.05, 0) is 43.0 Å². The van der Waals surface area contributed by atoms with Gasteiger partial charge in [-0.3, -0.25) is 4.79 Å². The number of carbonyl (C=O) groups excluding carboxylic acids is 1. The van der Waals surface area contributed by atoms with Gasteiger partial charge in [0.2, 0.25) is 0 Å². The van der Waals surface area contributed by atoms with Crippen LogP contribution in [0.15, 0.2) is 24.3 Å². The monoisotopic (exact) mass is 248 g/mol. The van der Waals surface area contributed by atoms with E-state index in [1.807, 2.05) is 38.4 Å². The Hall–Kier alpha value is -1.51. The highest BCUT2D eigenvalue weighted by atomic mass is 16.2. The van der Waals surface area contributed by atoms with Crippen LogP contribution in [0.3, 0.4) is 0 Å². The molecule has 3 nitrogen and oxygen atoms in total. The highest BCUT2D eigenvalue weighted by Crippen LogP contribution is 2.11. The number of carbonyl (C=O) groups is 1. The molecule has 0 aliphatic rings. The quantitative estimate of drug-likeness (QED) is 0.838. The molecule has 0 aliphatic heterocycles. The normalized spacial score (nSPS) is 10.5. The summed E-state index contributed by atoms with van der Waals surface area (Å²) < 4.78 is 0. The minimum Gasteiger partial charge on any atom is -0.388 e. The first kappa shape index (κ1) is 14.6. The highest BCUT2D eigenvalue weighted by Gasteiger charge is 2.11. The van der Waals surface area contributed by atoms with Crippen LogP contribution in [0.2, 0.25) is 0 Å². The molecule has 0 heterocycles. The first-order chi connectivity index (χ1) is 8.54. The molecule has 18 heavy (non-hydrogen) atoms. The van der Waals surface area contributed by atoms with Crippen LogP contribution in [0.4, 0.5) is 5.69 Å². The molecule has 0 aromatic heterocycles. The van der Waals surface area contributed by atoms with Crippen molar-refractivity contribution in [1.82, 2.24) is 4.90 Å². The van der Waals surface area contributed by atoms with Crippen molar-refractivity contribution in [3.8, 4) is 0 Å².